The van der Waals surface area contributed by atoms with Gasteiger partial charge in [0.25, 0.3) is 0 Å². The van der Waals surface area contributed by atoms with Gasteiger partial charge in [-0.2, -0.15) is 0 Å². The molecule has 0 aliphatic carbocycles. The third-order valence-electron chi connectivity index (χ3n) is 2.66. The Balaban J connectivity index is 1.88. The van der Waals surface area contributed by atoms with Gasteiger partial charge in [-0.05, 0) is 6.07 Å². The molecular weight excluding hydrogens is 212 g/mol. The molecule has 1 aliphatic heterocycles. The first-order valence-electron chi connectivity index (χ1n) is 5.19. The molecule has 0 saturated carbocycles. The average molecular weight is 227 g/mol. The first-order valence-corrected chi connectivity index (χ1v) is 5.73. The summed E-state index contributed by atoms with van der Waals surface area (Å²) < 4.78 is 0. The Labute approximate surface area is 94.9 Å². The fourth-order valence-electron chi connectivity index (χ4n) is 1.79. The molecule has 0 spiro atoms. The van der Waals surface area contributed by atoms with Crippen LogP contribution in [0.15, 0.2) is 18.6 Å². The van der Waals surface area contributed by atoms with Crippen molar-refractivity contribution in [3.05, 3.63) is 18.6 Å². The summed E-state index contributed by atoms with van der Waals surface area (Å²) in [5, 5.41) is 0. The van der Waals surface area contributed by atoms with Crippen LogP contribution in [0.4, 0.5) is 5.82 Å². The van der Waals surface area contributed by atoms with Gasteiger partial charge in [0.2, 0.25) is 0 Å². The third kappa shape index (κ3) is 2.79. The van der Waals surface area contributed by atoms with Crippen LogP contribution in [0.3, 0.4) is 0 Å². The van der Waals surface area contributed by atoms with Crippen LogP contribution in [0.2, 0.25) is 0 Å². The molecule has 0 amide bonds. The van der Waals surface area contributed by atoms with Crippen LogP contribution >= 0.6 is 11.6 Å². The highest BCUT2D eigenvalue weighted by Crippen LogP contribution is 2.11. The number of nitrogens with zero attached hydrogens (tertiary/aromatic N) is 4. The van der Waals surface area contributed by atoms with E-state index in [4.69, 9.17) is 11.6 Å². The second-order valence-corrected chi connectivity index (χ2v) is 3.96. The summed E-state index contributed by atoms with van der Waals surface area (Å²) >= 11 is 5.71. The fourth-order valence-corrected chi connectivity index (χ4v) is 2.03. The van der Waals surface area contributed by atoms with Crippen LogP contribution in [0.25, 0.3) is 0 Å². The van der Waals surface area contributed by atoms with Gasteiger partial charge in [0.15, 0.2) is 0 Å². The predicted octanol–water partition coefficient (Wildman–Crippen LogP) is 0.837. The van der Waals surface area contributed by atoms with E-state index in [-0.39, 0.29) is 0 Å². The molecule has 0 aromatic carbocycles. The fraction of sp³-hybridized carbons (Fsp3) is 0.600. The number of halogens is 1. The molecule has 82 valence electrons. The Kier molecular flexibility index (Phi) is 3.75. The number of hydrogen-bond donors (Lipinski definition) is 0. The molecule has 0 atom stereocenters. The van der Waals surface area contributed by atoms with E-state index in [1.54, 1.807) is 12.5 Å². The summed E-state index contributed by atoms with van der Waals surface area (Å²) in [7, 11) is 0. The Morgan fingerprint density at radius 1 is 1.27 bits per heavy atom. The second kappa shape index (κ2) is 5.28. The van der Waals surface area contributed by atoms with Gasteiger partial charge in [0.1, 0.15) is 12.1 Å². The van der Waals surface area contributed by atoms with Gasteiger partial charge in [-0.25, -0.2) is 9.97 Å². The van der Waals surface area contributed by atoms with Crippen molar-refractivity contribution in [2.24, 2.45) is 0 Å². The molecule has 2 rings (SSSR count). The van der Waals surface area contributed by atoms with E-state index in [0.717, 1.165) is 38.5 Å². The van der Waals surface area contributed by atoms with Crippen molar-refractivity contribution >= 4 is 17.4 Å². The zero-order valence-electron chi connectivity index (χ0n) is 8.64. The Bertz CT molecular complexity index is 285. The molecule has 0 bridgehead atoms. The lowest BCUT2D eigenvalue weighted by Gasteiger charge is -2.34. The molecule has 1 aliphatic rings. The quantitative estimate of drug-likeness (QED) is 0.715. The lowest BCUT2D eigenvalue weighted by Crippen LogP contribution is -2.47. The van der Waals surface area contributed by atoms with Gasteiger partial charge in [0.05, 0.1) is 0 Å². The zero-order valence-corrected chi connectivity index (χ0v) is 9.40. The maximum Gasteiger partial charge on any atom is 0.131 e. The van der Waals surface area contributed by atoms with E-state index in [1.807, 2.05) is 6.07 Å². The topological polar surface area (TPSA) is 32.3 Å². The second-order valence-electron chi connectivity index (χ2n) is 3.59. The van der Waals surface area contributed by atoms with Crippen molar-refractivity contribution in [2.75, 3.05) is 43.5 Å². The van der Waals surface area contributed by atoms with Crippen LogP contribution in [0, 0.1) is 0 Å². The highest BCUT2D eigenvalue weighted by atomic mass is 35.5. The van der Waals surface area contributed by atoms with Crippen LogP contribution < -0.4 is 4.90 Å². The molecule has 1 saturated heterocycles. The predicted molar refractivity (Wildman–Crippen MR) is 61.4 cm³/mol. The molecule has 0 unspecified atom stereocenters. The third-order valence-corrected chi connectivity index (χ3v) is 2.83. The minimum absolute atomic E-state index is 0.716. The van der Waals surface area contributed by atoms with Crippen molar-refractivity contribution < 1.29 is 0 Å². The van der Waals surface area contributed by atoms with E-state index in [1.165, 1.54) is 0 Å². The first kappa shape index (κ1) is 10.6. The number of piperazine rings is 1. The van der Waals surface area contributed by atoms with E-state index >= 15 is 0 Å². The molecule has 4 nitrogen and oxygen atoms in total. The SMILES string of the molecule is ClCCN1CCN(c2ccncn2)CC1. The van der Waals surface area contributed by atoms with Crippen molar-refractivity contribution in [1.82, 2.24) is 14.9 Å². The molecule has 2 heterocycles. The summed E-state index contributed by atoms with van der Waals surface area (Å²) in [4.78, 5) is 12.8. The lowest BCUT2D eigenvalue weighted by atomic mass is 10.3. The summed E-state index contributed by atoms with van der Waals surface area (Å²) in [5.74, 6) is 1.74. The molecule has 15 heavy (non-hydrogen) atoms. The standard InChI is InChI=1S/C10H15ClN4/c11-2-4-14-5-7-15(8-6-14)10-1-3-12-9-13-10/h1,3,9H,2,4-8H2. The maximum absolute atomic E-state index is 5.71. The molecule has 1 aromatic heterocycles. The summed E-state index contributed by atoms with van der Waals surface area (Å²) in [5.41, 5.74) is 0. The van der Waals surface area contributed by atoms with Crippen molar-refractivity contribution in [3.8, 4) is 0 Å². The van der Waals surface area contributed by atoms with Gasteiger partial charge in [-0.1, -0.05) is 0 Å². The maximum atomic E-state index is 5.71. The van der Waals surface area contributed by atoms with Crippen molar-refractivity contribution in [1.29, 1.82) is 0 Å². The monoisotopic (exact) mass is 226 g/mol. The van der Waals surface area contributed by atoms with E-state index < -0.39 is 0 Å². The van der Waals surface area contributed by atoms with E-state index in [9.17, 15) is 0 Å². The first-order chi connectivity index (χ1) is 7.40. The Morgan fingerprint density at radius 2 is 2.07 bits per heavy atom. The van der Waals surface area contributed by atoms with Crippen LogP contribution in [-0.2, 0) is 0 Å². The normalized spacial score (nSPS) is 18.1. The van der Waals surface area contributed by atoms with Crippen LogP contribution in [-0.4, -0.2) is 53.5 Å². The summed E-state index contributed by atoms with van der Waals surface area (Å²) in [6.07, 6.45) is 3.38. The molecule has 1 fully saturated rings. The molecule has 0 N–H and O–H groups in total. The Morgan fingerprint density at radius 3 is 2.67 bits per heavy atom. The lowest BCUT2D eigenvalue weighted by molar-refractivity contribution is 0.272. The molecule has 1 aromatic rings. The van der Waals surface area contributed by atoms with Gasteiger partial charge in [-0.3, -0.25) is 4.90 Å². The van der Waals surface area contributed by atoms with Crippen LogP contribution in [0.5, 0.6) is 0 Å². The summed E-state index contributed by atoms with van der Waals surface area (Å²) in [6.45, 7) is 5.16. The van der Waals surface area contributed by atoms with Gasteiger partial charge >= 0.3 is 0 Å². The van der Waals surface area contributed by atoms with Gasteiger partial charge < -0.3 is 4.90 Å². The minimum atomic E-state index is 0.716. The van der Waals surface area contributed by atoms with Crippen LogP contribution in [0.1, 0.15) is 0 Å². The van der Waals surface area contributed by atoms with Gasteiger partial charge in [0, 0.05) is 44.8 Å². The number of hydrogen-bond acceptors (Lipinski definition) is 4. The number of alkyl halides is 1. The minimum Gasteiger partial charge on any atom is -0.354 e. The largest absolute Gasteiger partial charge is 0.354 e. The highest BCUT2D eigenvalue weighted by molar-refractivity contribution is 6.18. The molecule has 0 radical (unpaired) electrons. The number of rotatable bonds is 3. The average Bonchev–Trinajstić information content (AvgIpc) is 2.32. The smallest absolute Gasteiger partial charge is 0.131 e. The number of anilines is 1. The van der Waals surface area contributed by atoms with Crippen molar-refractivity contribution in [3.63, 3.8) is 0 Å². The van der Waals surface area contributed by atoms with Gasteiger partial charge in [-0.15, -0.1) is 11.6 Å². The highest BCUT2D eigenvalue weighted by Gasteiger charge is 2.16. The summed E-state index contributed by atoms with van der Waals surface area (Å²) in [6, 6.07) is 1.96. The number of aromatic nitrogens is 2. The molecule has 5 heteroatoms. The molecular formula is C10H15ClN4. The zero-order chi connectivity index (χ0) is 10.5. The van der Waals surface area contributed by atoms with Crippen molar-refractivity contribution in [2.45, 2.75) is 0 Å². The Hall–Kier alpha value is -0.870. The van der Waals surface area contributed by atoms with E-state index in [2.05, 4.69) is 19.8 Å². The van der Waals surface area contributed by atoms with E-state index in [0.29, 0.717) is 5.88 Å².